The van der Waals surface area contributed by atoms with Crippen molar-refractivity contribution in [3.8, 4) is 0 Å². The second-order valence-corrected chi connectivity index (χ2v) is 10.9. The number of aromatic nitrogens is 2. The molecular weight excluding hydrogens is 376 g/mol. The van der Waals surface area contributed by atoms with Crippen LogP contribution in [0, 0.1) is 13.8 Å². The third-order valence-electron chi connectivity index (χ3n) is 8.10. The molecule has 1 atom stereocenters. The summed E-state index contributed by atoms with van der Waals surface area (Å²) >= 11 is 0. The van der Waals surface area contributed by atoms with Gasteiger partial charge in [-0.3, -0.25) is 0 Å². The largest absolute Gasteiger partial charge is 0.295 e. The van der Waals surface area contributed by atoms with E-state index < -0.39 is 17.7 Å². The van der Waals surface area contributed by atoms with Crippen LogP contribution in [0.25, 0.3) is 27.3 Å². The number of aryl methyl sites for hydroxylation is 1. The molecule has 0 saturated carbocycles. The SMILES string of the molecule is [2H]C([2H])([2H])C1(C)c2c(C)n(C(C)C)c3c4c(C(C)C)cccc4c4c(C)ccc(c4[n+]23)C1(C)C. The van der Waals surface area contributed by atoms with Crippen molar-refractivity contribution < 1.29 is 8.51 Å². The number of hydrogen-bond acceptors (Lipinski definition) is 0. The summed E-state index contributed by atoms with van der Waals surface area (Å²) in [7, 11) is 0. The highest BCUT2D eigenvalue weighted by molar-refractivity contribution is 6.13. The predicted octanol–water partition coefficient (Wildman–Crippen LogP) is 7.42. The molecule has 0 fully saturated rings. The van der Waals surface area contributed by atoms with E-state index in [0.29, 0.717) is 5.92 Å². The number of benzene rings is 2. The summed E-state index contributed by atoms with van der Waals surface area (Å²) in [6.45, 7) is 17.3. The molecule has 0 radical (unpaired) electrons. The van der Waals surface area contributed by atoms with Crippen molar-refractivity contribution in [1.82, 2.24) is 4.57 Å². The normalized spacial score (nSPS) is 22.1. The molecule has 31 heavy (non-hydrogen) atoms. The van der Waals surface area contributed by atoms with E-state index in [1.165, 1.54) is 32.8 Å². The van der Waals surface area contributed by atoms with Crippen LogP contribution < -0.4 is 4.40 Å². The molecule has 2 heteroatoms. The fourth-order valence-electron chi connectivity index (χ4n) is 6.16. The molecular formula is C29H37N2+. The minimum atomic E-state index is -2.17. The van der Waals surface area contributed by atoms with Crippen LogP contribution in [0.1, 0.15) is 99.5 Å². The average Bonchev–Trinajstić information content (AvgIpc) is 3.04. The van der Waals surface area contributed by atoms with Gasteiger partial charge >= 0.3 is 0 Å². The maximum absolute atomic E-state index is 8.81. The summed E-state index contributed by atoms with van der Waals surface area (Å²) < 4.78 is 31.2. The molecule has 2 aromatic heterocycles. The van der Waals surface area contributed by atoms with Gasteiger partial charge in [-0.1, -0.05) is 71.8 Å². The standard InChI is InChI=1S/C29H37N2/c1-16(2)20-12-11-13-21-23-18(5)14-15-22-25(23)31-26(29(9,10)28(22,7)8)19(6)30(17(3)4)27(31)24(20)21/h11-17H,1-10H3/q+1/i9D3. The van der Waals surface area contributed by atoms with Crippen LogP contribution in [0.4, 0.5) is 0 Å². The zero-order valence-electron chi connectivity index (χ0n) is 23.4. The van der Waals surface area contributed by atoms with Crippen molar-refractivity contribution in [2.45, 2.75) is 92.0 Å². The smallest absolute Gasteiger partial charge is 0.225 e. The van der Waals surface area contributed by atoms with Crippen molar-refractivity contribution >= 4 is 27.3 Å². The highest BCUT2D eigenvalue weighted by Gasteiger charge is 2.52. The molecule has 2 nitrogen and oxygen atoms in total. The topological polar surface area (TPSA) is 9.03 Å². The number of nitrogens with zero attached hydrogens (tertiary/aromatic N) is 2. The lowest BCUT2D eigenvalue weighted by molar-refractivity contribution is -0.500. The molecule has 3 heterocycles. The molecule has 4 aromatic rings. The molecule has 0 amide bonds. The second kappa shape index (κ2) is 6.12. The van der Waals surface area contributed by atoms with Gasteiger partial charge in [0.2, 0.25) is 0 Å². The Hall–Kier alpha value is -2.35. The first kappa shape index (κ1) is 17.2. The van der Waals surface area contributed by atoms with E-state index in [9.17, 15) is 0 Å². The van der Waals surface area contributed by atoms with Crippen molar-refractivity contribution in [2.24, 2.45) is 0 Å². The lowest BCUT2D eigenvalue weighted by Gasteiger charge is -2.43. The summed E-state index contributed by atoms with van der Waals surface area (Å²) in [5, 5.41) is 3.76. The van der Waals surface area contributed by atoms with Crippen molar-refractivity contribution in [2.75, 3.05) is 0 Å². The highest BCUT2D eigenvalue weighted by atomic mass is 15.2. The first-order valence-electron chi connectivity index (χ1n) is 13.1. The van der Waals surface area contributed by atoms with Gasteiger partial charge in [0.15, 0.2) is 5.69 Å². The van der Waals surface area contributed by atoms with Crippen LogP contribution in [-0.4, -0.2) is 4.57 Å². The van der Waals surface area contributed by atoms with Crippen molar-refractivity contribution in [1.29, 1.82) is 0 Å². The van der Waals surface area contributed by atoms with Crippen LogP contribution >= 0.6 is 0 Å². The first-order chi connectivity index (χ1) is 15.7. The first-order valence-corrected chi connectivity index (χ1v) is 11.6. The molecule has 1 aliphatic rings. The van der Waals surface area contributed by atoms with Gasteiger partial charge in [0.1, 0.15) is 11.2 Å². The van der Waals surface area contributed by atoms with Crippen LogP contribution in [0.2, 0.25) is 0 Å². The lowest BCUT2D eigenvalue weighted by Crippen LogP contribution is -2.51. The van der Waals surface area contributed by atoms with Crippen LogP contribution in [-0.2, 0) is 10.8 Å². The van der Waals surface area contributed by atoms with Crippen molar-refractivity contribution in [3.05, 3.63) is 58.4 Å². The Labute approximate surface area is 191 Å². The summed E-state index contributed by atoms with van der Waals surface area (Å²) in [6.07, 6.45) is 0. The van der Waals surface area contributed by atoms with E-state index in [1.54, 1.807) is 0 Å². The summed E-state index contributed by atoms with van der Waals surface area (Å²) in [5.41, 5.74) is 6.31. The van der Waals surface area contributed by atoms with E-state index in [-0.39, 0.29) is 6.04 Å². The summed E-state index contributed by atoms with van der Waals surface area (Å²) in [6, 6.07) is 11.2. The summed E-state index contributed by atoms with van der Waals surface area (Å²) in [5.74, 6) is 0.348. The summed E-state index contributed by atoms with van der Waals surface area (Å²) in [4.78, 5) is 0. The highest BCUT2D eigenvalue weighted by Crippen LogP contribution is 2.51. The van der Waals surface area contributed by atoms with Gasteiger partial charge < -0.3 is 0 Å². The molecule has 0 bridgehead atoms. The molecule has 1 unspecified atom stereocenters. The van der Waals surface area contributed by atoms with Crippen LogP contribution in [0.3, 0.4) is 0 Å². The zero-order chi connectivity index (χ0) is 25.1. The third kappa shape index (κ3) is 2.26. The Morgan fingerprint density at radius 3 is 2.26 bits per heavy atom. The predicted molar refractivity (Wildman–Crippen MR) is 133 cm³/mol. The van der Waals surface area contributed by atoms with E-state index in [2.05, 4.69) is 94.7 Å². The van der Waals surface area contributed by atoms with Gasteiger partial charge in [0.25, 0.3) is 5.65 Å². The third-order valence-corrected chi connectivity index (χ3v) is 8.10. The van der Waals surface area contributed by atoms with Gasteiger partial charge in [0, 0.05) is 38.2 Å². The molecule has 0 aliphatic carbocycles. The van der Waals surface area contributed by atoms with E-state index in [1.807, 2.05) is 6.92 Å². The molecule has 0 spiro atoms. The fraction of sp³-hybridized carbons (Fsp3) is 0.483. The second-order valence-electron chi connectivity index (χ2n) is 10.9. The Kier molecular flexibility index (Phi) is 3.40. The van der Waals surface area contributed by atoms with E-state index >= 15 is 0 Å². The zero-order valence-corrected chi connectivity index (χ0v) is 20.4. The Bertz CT molecular complexity index is 1500. The van der Waals surface area contributed by atoms with Crippen LogP contribution in [0.5, 0.6) is 0 Å². The number of imidazole rings is 1. The number of rotatable bonds is 2. The Morgan fingerprint density at radius 2 is 1.65 bits per heavy atom. The Morgan fingerprint density at radius 1 is 0.935 bits per heavy atom. The molecule has 0 N–H and O–H groups in total. The molecule has 162 valence electrons. The van der Waals surface area contributed by atoms with E-state index in [0.717, 1.165) is 22.6 Å². The number of hydrogen-bond donors (Lipinski definition) is 0. The maximum atomic E-state index is 8.81. The minimum Gasteiger partial charge on any atom is -0.225 e. The quantitative estimate of drug-likeness (QED) is 0.237. The fourth-order valence-corrected chi connectivity index (χ4v) is 6.16. The lowest BCUT2D eigenvalue weighted by atomic mass is 9.60. The van der Waals surface area contributed by atoms with E-state index in [4.69, 9.17) is 4.11 Å². The van der Waals surface area contributed by atoms with Gasteiger partial charge in [-0.05, 0) is 37.8 Å². The number of fused-ring (bicyclic) bond motifs is 3. The molecule has 5 rings (SSSR count). The van der Waals surface area contributed by atoms with Gasteiger partial charge in [-0.25, -0.2) is 4.57 Å². The van der Waals surface area contributed by atoms with Crippen LogP contribution in [0.15, 0.2) is 30.3 Å². The minimum absolute atomic E-state index is 0.194. The van der Waals surface area contributed by atoms with Gasteiger partial charge in [0.05, 0.1) is 11.4 Å². The average molecular weight is 417 g/mol. The Balaban J connectivity index is 2.28. The monoisotopic (exact) mass is 416 g/mol. The van der Waals surface area contributed by atoms with Gasteiger partial charge in [-0.2, -0.15) is 4.40 Å². The number of pyridine rings is 1. The molecule has 0 saturated heterocycles. The molecule has 2 aromatic carbocycles. The molecule has 1 aliphatic heterocycles. The van der Waals surface area contributed by atoms with Crippen molar-refractivity contribution in [3.63, 3.8) is 0 Å². The maximum Gasteiger partial charge on any atom is 0.295 e. The van der Waals surface area contributed by atoms with Gasteiger partial charge in [-0.15, -0.1) is 0 Å².